The van der Waals surface area contributed by atoms with Crippen molar-refractivity contribution in [2.75, 3.05) is 7.05 Å². The summed E-state index contributed by atoms with van der Waals surface area (Å²) in [5.41, 5.74) is 2.05. The van der Waals surface area contributed by atoms with Crippen molar-refractivity contribution in [2.24, 2.45) is 0 Å². The highest BCUT2D eigenvalue weighted by Gasteiger charge is 2.10. The van der Waals surface area contributed by atoms with Gasteiger partial charge in [-0.3, -0.25) is 4.98 Å². The molecule has 2 aromatic rings. The van der Waals surface area contributed by atoms with E-state index in [1.54, 1.807) is 18.3 Å². The van der Waals surface area contributed by atoms with Crippen LogP contribution in [0.15, 0.2) is 42.6 Å². The first-order chi connectivity index (χ1) is 9.19. The fraction of sp³-hybridized carbons (Fsp3) is 0.267. The monoisotopic (exact) mass is 278 g/mol. The van der Waals surface area contributed by atoms with Gasteiger partial charge in [0.25, 0.3) is 0 Å². The van der Waals surface area contributed by atoms with Crippen LogP contribution in [0.4, 0.5) is 4.39 Å². The second-order valence-corrected chi connectivity index (χ2v) is 4.87. The number of hydrogen-bond donors (Lipinski definition) is 1. The van der Waals surface area contributed by atoms with Gasteiger partial charge in [-0.2, -0.15) is 0 Å². The lowest BCUT2D eigenvalue weighted by Crippen LogP contribution is -2.30. The molecule has 0 radical (unpaired) electrons. The Hall–Kier alpha value is -1.45. The Labute approximate surface area is 117 Å². The van der Waals surface area contributed by atoms with E-state index in [1.165, 1.54) is 6.07 Å². The maximum atomic E-state index is 13.1. The van der Waals surface area contributed by atoms with Gasteiger partial charge in [0, 0.05) is 24.4 Å². The van der Waals surface area contributed by atoms with Gasteiger partial charge >= 0.3 is 0 Å². The zero-order chi connectivity index (χ0) is 13.7. The van der Waals surface area contributed by atoms with Crippen molar-refractivity contribution in [1.82, 2.24) is 10.3 Å². The van der Waals surface area contributed by atoms with Crippen LogP contribution in [-0.2, 0) is 12.8 Å². The Bertz CT molecular complexity index is 531. The minimum Gasteiger partial charge on any atom is -0.316 e. The topological polar surface area (TPSA) is 24.9 Å². The van der Waals surface area contributed by atoms with E-state index >= 15 is 0 Å². The molecule has 1 aromatic heterocycles. The molecule has 0 spiro atoms. The third-order valence-electron chi connectivity index (χ3n) is 3.06. The first-order valence-corrected chi connectivity index (χ1v) is 6.58. The van der Waals surface area contributed by atoms with Gasteiger partial charge in [0.1, 0.15) is 5.82 Å². The molecule has 0 saturated heterocycles. The first kappa shape index (κ1) is 14.0. The lowest BCUT2D eigenvalue weighted by atomic mass is 10.0. The zero-order valence-electron chi connectivity index (χ0n) is 10.7. The molecule has 4 heteroatoms. The summed E-state index contributed by atoms with van der Waals surface area (Å²) in [6, 6.07) is 11.0. The summed E-state index contributed by atoms with van der Waals surface area (Å²) in [6.07, 6.45) is 3.40. The maximum Gasteiger partial charge on any atom is 0.141 e. The fourth-order valence-corrected chi connectivity index (χ4v) is 2.20. The van der Waals surface area contributed by atoms with Gasteiger partial charge in [0.2, 0.25) is 0 Å². The van der Waals surface area contributed by atoms with Crippen LogP contribution in [0.25, 0.3) is 0 Å². The number of likely N-dealkylation sites (N-methyl/N-ethyl adjacent to an activating group) is 1. The second-order valence-electron chi connectivity index (χ2n) is 4.46. The van der Waals surface area contributed by atoms with Crippen LogP contribution in [0.5, 0.6) is 0 Å². The van der Waals surface area contributed by atoms with E-state index in [9.17, 15) is 4.39 Å². The van der Waals surface area contributed by atoms with Gasteiger partial charge in [-0.25, -0.2) is 4.39 Å². The molecule has 1 N–H and O–H groups in total. The molecule has 1 unspecified atom stereocenters. The van der Waals surface area contributed by atoms with Crippen LogP contribution in [0.2, 0.25) is 5.02 Å². The Balaban J connectivity index is 2.04. The normalized spacial score (nSPS) is 12.4. The largest absolute Gasteiger partial charge is 0.316 e. The Morgan fingerprint density at radius 2 is 2.11 bits per heavy atom. The molecule has 0 amide bonds. The molecule has 19 heavy (non-hydrogen) atoms. The molecule has 100 valence electrons. The van der Waals surface area contributed by atoms with Crippen LogP contribution in [0, 0.1) is 5.82 Å². The standard InChI is InChI=1S/C15H16ClFN2/c1-18-13(10-12-4-2-3-7-19-12)8-11-5-6-15(17)14(16)9-11/h2-7,9,13,18H,8,10H2,1H3. The molecule has 1 atom stereocenters. The molecule has 0 bridgehead atoms. The molecule has 2 rings (SSSR count). The number of halogens is 2. The summed E-state index contributed by atoms with van der Waals surface area (Å²) in [7, 11) is 1.92. The second kappa shape index (κ2) is 6.64. The summed E-state index contributed by atoms with van der Waals surface area (Å²) in [5, 5.41) is 3.43. The molecule has 0 aliphatic heterocycles. The van der Waals surface area contributed by atoms with Gasteiger partial charge in [-0.15, -0.1) is 0 Å². The van der Waals surface area contributed by atoms with E-state index in [2.05, 4.69) is 10.3 Å². The van der Waals surface area contributed by atoms with E-state index in [1.807, 2.05) is 25.2 Å². The average Bonchev–Trinajstić information content (AvgIpc) is 2.43. The minimum absolute atomic E-state index is 0.171. The predicted molar refractivity (Wildman–Crippen MR) is 75.9 cm³/mol. The van der Waals surface area contributed by atoms with Crippen LogP contribution in [-0.4, -0.2) is 18.1 Å². The molecule has 0 aliphatic rings. The van der Waals surface area contributed by atoms with Crippen molar-refractivity contribution in [3.05, 3.63) is 64.7 Å². The number of rotatable bonds is 5. The molecule has 2 nitrogen and oxygen atoms in total. The molecular formula is C15H16ClFN2. The van der Waals surface area contributed by atoms with Gasteiger partial charge in [-0.05, 0) is 43.3 Å². The predicted octanol–water partition coefficient (Wildman–Crippen LogP) is 3.25. The highest BCUT2D eigenvalue weighted by molar-refractivity contribution is 6.30. The highest BCUT2D eigenvalue weighted by atomic mass is 35.5. The molecule has 1 heterocycles. The van der Waals surface area contributed by atoms with Crippen LogP contribution < -0.4 is 5.32 Å². The number of nitrogens with one attached hydrogen (secondary N) is 1. The average molecular weight is 279 g/mol. The molecule has 0 saturated carbocycles. The molecule has 0 fully saturated rings. The Kier molecular flexibility index (Phi) is 4.88. The Morgan fingerprint density at radius 3 is 2.74 bits per heavy atom. The van der Waals surface area contributed by atoms with Crippen LogP contribution in [0.3, 0.4) is 0 Å². The van der Waals surface area contributed by atoms with Gasteiger partial charge in [0.15, 0.2) is 0 Å². The zero-order valence-corrected chi connectivity index (χ0v) is 11.5. The summed E-state index contributed by atoms with van der Waals surface area (Å²) >= 11 is 5.79. The van der Waals surface area contributed by atoms with Crippen molar-refractivity contribution in [2.45, 2.75) is 18.9 Å². The molecule has 0 aliphatic carbocycles. The number of benzene rings is 1. The van der Waals surface area contributed by atoms with E-state index in [-0.39, 0.29) is 16.9 Å². The van der Waals surface area contributed by atoms with Gasteiger partial charge < -0.3 is 5.32 Å². The minimum atomic E-state index is -0.379. The van der Waals surface area contributed by atoms with Crippen LogP contribution >= 0.6 is 11.6 Å². The van der Waals surface area contributed by atoms with Crippen molar-refractivity contribution >= 4 is 11.6 Å². The third kappa shape index (κ3) is 4.01. The number of aromatic nitrogens is 1. The first-order valence-electron chi connectivity index (χ1n) is 6.20. The van der Waals surface area contributed by atoms with Crippen molar-refractivity contribution in [3.8, 4) is 0 Å². The van der Waals surface area contributed by atoms with Gasteiger partial charge in [-0.1, -0.05) is 23.7 Å². The quantitative estimate of drug-likeness (QED) is 0.908. The summed E-state index contributed by atoms with van der Waals surface area (Å²) in [6.45, 7) is 0. The fourth-order valence-electron chi connectivity index (χ4n) is 2.00. The lowest BCUT2D eigenvalue weighted by molar-refractivity contribution is 0.549. The highest BCUT2D eigenvalue weighted by Crippen LogP contribution is 2.17. The molecular weight excluding hydrogens is 263 g/mol. The van der Waals surface area contributed by atoms with E-state index in [0.29, 0.717) is 0 Å². The number of nitrogens with zero attached hydrogens (tertiary/aromatic N) is 1. The van der Waals surface area contributed by atoms with E-state index < -0.39 is 0 Å². The van der Waals surface area contributed by atoms with E-state index in [4.69, 9.17) is 11.6 Å². The number of pyridine rings is 1. The van der Waals surface area contributed by atoms with Crippen molar-refractivity contribution < 1.29 is 4.39 Å². The third-order valence-corrected chi connectivity index (χ3v) is 3.35. The molecule has 1 aromatic carbocycles. The summed E-state index contributed by atoms with van der Waals surface area (Å²) in [5.74, 6) is -0.379. The van der Waals surface area contributed by atoms with Crippen LogP contribution in [0.1, 0.15) is 11.3 Å². The summed E-state index contributed by atoms with van der Waals surface area (Å²) in [4.78, 5) is 4.31. The van der Waals surface area contributed by atoms with E-state index in [0.717, 1.165) is 24.1 Å². The maximum absolute atomic E-state index is 13.1. The SMILES string of the molecule is CNC(Cc1ccc(F)c(Cl)c1)Cc1ccccn1. The summed E-state index contributed by atoms with van der Waals surface area (Å²) < 4.78 is 13.1. The number of hydrogen-bond acceptors (Lipinski definition) is 2. The lowest BCUT2D eigenvalue weighted by Gasteiger charge is -2.16. The van der Waals surface area contributed by atoms with Crippen molar-refractivity contribution in [3.63, 3.8) is 0 Å². The smallest absolute Gasteiger partial charge is 0.141 e. The van der Waals surface area contributed by atoms with Gasteiger partial charge in [0.05, 0.1) is 5.02 Å². The Morgan fingerprint density at radius 1 is 1.26 bits per heavy atom. The van der Waals surface area contributed by atoms with Crippen molar-refractivity contribution in [1.29, 1.82) is 0 Å².